The van der Waals surface area contributed by atoms with E-state index in [4.69, 9.17) is 9.97 Å². The summed E-state index contributed by atoms with van der Waals surface area (Å²) < 4.78 is 0. The summed E-state index contributed by atoms with van der Waals surface area (Å²) in [5, 5.41) is 5.85. The van der Waals surface area contributed by atoms with Crippen molar-refractivity contribution in [3.63, 3.8) is 0 Å². The van der Waals surface area contributed by atoms with Crippen molar-refractivity contribution in [2.75, 3.05) is 0 Å². The van der Waals surface area contributed by atoms with Crippen LogP contribution in [0.2, 0.25) is 0 Å². The highest BCUT2D eigenvalue weighted by Gasteiger charge is 2.36. The molecule has 6 aromatic rings. The number of pyridine rings is 2. The predicted octanol–water partition coefficient (Wildman–Crippen LogP) is 8.36. The fraction of sp³-hybridized carbons (Fsp3) is 0.0968. The Balaban J connectivity index is 1.28. The zero-order valence-corrected chi connectivity index (χ0v) is 22.0. The molecule has 2 aromatic carbocycles. The number of hydrogen-bond acceptors (Lipinski definition) is 6. The Bertz CT molecular complexity index is 1620. The van der Waals surface area contributed by atoms with Crippen molar-refractivity contribution < 1.29 is 0 Å². The topological polar surface area (TPSA) is 51.6 Å². The highest BCUT2D eigenvalue weighted by Crippen LogP contribution is 2.50. The molecule has 0 saturated heterocycles. The van der Waals surface area contributed by atoms with Gasteiger partial charge < -0.3 is 0 Å². The molecule has 1 aliphatic rings. The Hall–Kier alpha value is -4.00. The lowest BCUT2D eigenvalue weighted by Crippen LogP contribution is -2.15. The van der Waals surface area contributed by atoms with Gasteiger partial charge in [0.25, 0.3) is 0 Å². The second-order valence-corrected chi connectivity index (χ2v) is 11.4. The van der Waals surface area contributed by atoms with Gasteiger partial charge in [0.15, 0.2) is 0 Å². The summed E-state index contributed by atoms with van der Waals surface area (Å²) in [6.45, 7) is 4.62. The van der Waals surface area contributed by atoms with Gasteiger partial charge in [-0.3, -0.25) is 0 Å². The van der Waals surface area contributed by atoms with E-state index in [9.17, 15) is 0 Å². The molecular weight excluding hydrogens is 493 g/mol. The average Bonchev–Trinajstić information content (AvgIpc) is 3.71. The van der Waals surface area contributed by atoms with Gasteiger partial charge in [-0.05, 0) is 58.7 Å². The molecule has 7 rings (SSSR count). The highest BCUT2D eigenvalue weighted by atomic mass is 32.1. The zero-order chi connectivity index (χ0) is 25.0. The van der Waals surface area contributed by atoms with E-state index in [2.05, 4.69) is 84.5 Å². The van der Waals surface area contributed by atoms with Crippen LogP contribution in [0.5, 0.6) is 0 Å². The van der Waals surface area contributed by atoms with E-state index < -0.39 is 0 Å². The Labute approximate surface area is 223 Å². The molecule has 0 atom stereocenters. The molecule has 6 heteroatoms. The molecule has 0 saturated carbocycles. The molecule has 37 heavy (non-hydrogen) atoms. The number of benzene rings is 2. The Morgan fingerprint density at radius 1 is 0.568 bits per heavy atom. The normalized spacial score (nSPS) is 13.4. The summed E-state index contributed by atoms with van der Waals surface area (Å²) in [4.78, 5) is 18.7. The summed E-state index contributed by atoms with van der Waals surface area (Å²) in [6, 6.07) is 25.8. The molecule has 0 radical (unpaired) electrons. The monoisotopic (exact) mass is 514 g/mol. The van der Waals surface area contributed by atoms with Crippen LogP contribution in [0.1, 0.15) is 25.0 Å². The number of thiazole rings is 2. The largest absolute Gasteiger partial charge is 0.245 e. The van der Waals surface area contributed by atoms with Crippen LogP contribution in [0.3, 0.4) is 0 Å². The van der Waals surface area contributed by atoms with Crippen LogP contribution in [0.15, 0.2) is 96.0 Å². The minimum Gasteiger partial charge on any atom is -0.245 e. The molecule has 4 nitrogen and oxygen atoms in total. The SMILES string of the molecule is CC1(C)c2cc(-c3cccc(-c4nccs4)n3)ccc2-c2ccc(-c3cccc(-c4nccs4)n3)cc21. The summed E-state index contributed by atoms with van der Waals surface area (Å²) in [7, 11) is 0. The van der Waals surface area contributed by atoms with Crippen LogP contribution in [0, 0.1) is 0 Å². The average molecular weight is 515 g/mol. The highest BCUT2D eigenvalue weighted by molar-refractivity contribution is 7.13. The smallest absolute Gasteiger partial charge is 0.141 e. The van der Waals surface area contributed by atoms with Crippen LogP contribution in [-0.2, 0) is 5.41 Å². The minimum atomic E-state index is -0.142. The molecule has 178 valence electrons. The molecule has 4 aromatic heterocycles. The van der Waals surface area contributed by atoms with Crippen molar-refractivity contribution >= 4 is 22.7 Å². The summed E-state index contributed by atoms with van der Waals surface area (Å²) in [6.07, 6.45) is 3.64. The van der Waals surface area contributed by atoms with Gasteiger partial charge in [0.05, 0.1) is 22.8 Å². The van der Waals surface area contributed by atoms with Crippen LogP contribution >= 0.6 is 22.7 Å². The second-order valence-electron chi connectivity index (χ2n) is 9.64. The first-order chi connectivity index (χ1) is 18.1. The van der Waals surface area contributed by atoms with Crippen molar-refractivity contribution in [1.29, 1.82) is 0 Å². The first-order valence-corrected chi connectivity index (χ1v) is 13.9. The van der Waals surface area contributed by atoms with Crippen molar-refractivity contribution in [3.8, 4) is 55.0 Å². The van der Waals surface area contributed by atoms with E-state index in [1.165, 1.54) is 22.3 Å². The van der Waals surface area contributed by atoms with Crippen molar-refractivity contribution in [3.05, 3.63) is 107 Å². The molecule has 0 aliphatic heterocycles. The van der Waals surface area contributed by atoms with Crippen LogP contribution in [-0.4, -0.2) is 19.9 Å². The molecule has 0 N–H and O–H groups in total. The van der Waals surface area contributed by atoms with Gasteiger partial charge in [-0.2, -0.15) is 0 Å². The van der Waals surface area contributed by atoms with Gasteiger partial charge >= 0.3 is 0 Å². The van der Waals surface area contributed by atoms with E-state index in [-0.39, 0.29) is 5.41 Å². The summed E-state index contributed by atoms with van der Waals surface area (Å²) >= 11 is 3.22. The summed E-state index contributed by atoms with van der Waals surface area (Å²) in [5.74, 6) is 0. The lowest BCUT2D eigenvalue weighted by Gasteiger charge is -2.22. The number of rotatable bonds is 4. The van der Waals surface area contributed by atoms with Crippen LogP contribution in [0.4, 0.5) is 0 Å². The van der Waals surface area contributed by atoms with Crippen LogP contribution < -0.4 is 0 Å². The molecular formula is C31H22N4S2. The number of nitrogens with zero attached hydrogens (tertiary/aromatic N) is 4. The predicted molar refractivity (Wildman–Crippen MR) is 153 cm³/mol. The van der Waals surface area contributed by atoms with Gasteiger partial charge in [-0.25, -0.2) is 19.9 Å². The van der Waals surface area contributed by atoms with E-state index >= 15 is 0 Å². The third-order valence-electron chi connectivity index (χ3n) is 7.07. The quantitative estimate of drug-likeness (QED) is 0.237. The van der Waals surface area contributed by atoms with Crippen molar-refractivity contribution in [2.45, 2.75) is 19.3 Å². The zero-order valence-electron chi connectivity index (χ0n) is 20.3. The number of hydrogen-bond donors (Lipinski definition) is 0. The Morgan fingerprint density at radius 2 is 1.03 bits per heavy atom. The number of fused-ring (bicyclic) bond motifs is 3. The maximum Gasteiger partial charge on any atom is 0.141 e. The molecule has 1 aliphatic carbocycles. The molecule has 0 bridgehead atoms. The summed E-state index contributed by atoms with van der Waals surface area (Å²) in [5.41, 5.74) is 11.1. The Kier molecular flexibility index (Phi) is 5.13. The standard InChI is InChI=1S/C31H22N4S2/c1-31(2)23-17-19(25-5-3-7-27(34-25)29-32-13-15-36-29)9-11-21(23)22-12-10-20(18-24(22)31)26-6-4-8-28(35-26)30-33-14-16-37-30/h3-18H,1-2H3. The molecule has 0 unspecified atom stereocenters. The van der Waals surface area contributed by atoms with Gasteiger partial charge in [0.1, 0.15) is 10.0 Å². The molecule has 0 amide bonds. The lowest BCUT2D eigenvalue weighted by molar-refractivity contribution is 0.661. The van der Waals surface area contributed by atoms with Gasteiger partial charge in [0, 0.05) is 39.7 Å². The first-order valence-electron chi connectivity index (χ1n) is 12.1. The molecule has 0 fully saturated rings. The van der Waals surface area contributed by atoms with Crippen molar-refractivity contribution in [2.24, 2.45) is 0 Å². The fourth-order valence-electron chi connectivity index (χ4n) is 5.19. The van der Waals surface area contributed by atoms with E-state index in [0.717, 1.165) is 43.9 Å². The number of aromatic nitrogens is 4. The van der Waals surface area contributed by atoms with E-state index in [1.54, 1.807) is 22.7 Å². The maximum atomic E-state index is 4.93. The molecule has 4 heterocycles. The second kappa shape index (κ2) is 8.54. The van der Waals surface area contributed by atoms with Gasteiger partial charge in [-0.1, -0.05) is 50.2 Å². The molecule has 0 spiro atoms. The van der Waals surface area contributed by atoms with Gasteiger partial charge in [-0.15, -0.1) is 22.7 Å². The Morgan fingerprint density at radius 3 is 1.46 bits per heavy atom. The minimum absolute atomic E-state index is 0.142. The first kappa shape index (κ1) is 22.2. The maximum absolute atomic E-state index is 4.93. The van der Waals surface area contributed by atoms with Gasteiger partial charge in [0.2, 0.25) is 0 Å². The van der Waals surface area contributed by atoms with Crippen LogP contribution in [0.25, 0.3) is 55.0 Å². The van der Waals surface area contributed by atoms with E-state index in [0.29, 0.717) is 0 Å². The van der Waals surface area contributed by atoms with E-state index in [1.807, 2.05) is 35.3 Å². The van der Waals surface area contributed by atoms with Crippen molar-refractivity contribution in [1.82, 2.24) is 19.9 Å². The third-order valence-corrected chi connectivity index (χ3v) is 8.66. The fourth-order valence-corrected chi connectivity index (χ4v) is 6.40. The third kappa shape index (κ3) is 3.72. The lowest BCUT2D eigenvalue weighted by atomic mass is 9.81.